The number of nitrogens with zero attached hydrogens (tertiary/aromatic N) is 3. The molecule has 0 aliphatic carbocycles. The molecular weight excluding hydrogens is 182 g/mol. The first-order chi connectivity index (χ1) is 6.74. The molecule has 0 aromatic rings. The summed E-state index contributed by atoms with van der Waals surface area (Å²) in [5.74, 6) is -0.265. The lowest BCUT2D eigenvalue weighted by molar-refractivity contribution is -0.140. The molecule has 0 radical (unpaired) electrons. The third-order valence-electron chi connectivity index (χ3n) is 1.67. The second kappa shape index (κ2) is 8.03. The Morgan fingerprint density at radius 3 is 2.36 bits per heavy atom. The van der Waals surface area contributed by atoms with E-state index in [2.05, 4.69) is 4.74 Å². The number of rotatable bonds is 6. The lowest BCUT2D eigenvalue weighted by Gasteiger charge is -2.13. The molecule has 0 aromatic carbocycles. The van der Waals surface area contributed by atoms with Gasteiger partial charge in [-0.2, -0.15) is 10.5 Å². The molecular formula is C9H13N3O2. The molecule has 0 aliphatic heterocycles. The molecule has 76 valence electrons. The van der Waals surface area contributed by atoms with Crippen molar-refractivity contribution in [3.05, 3.63) is 0 Å². The van der Waals surface area contributed by atoms with Crippen LogP contribution in [0.25, 0.3) is 0 Å². The van der Waals surface area contributed by atoms with Crippen LogP contribution in [0.4, 0.5) is 0 Å². The maximum Gasteiger partial charge on any atom is 0.305 e. The summed E-state index contributed by atoms with van der Waals surface area (Å²) in [5, 5.41) is 16.9. The van der Waals surface area contributed by atoms with E-state index in [0.29, 0.717) is 19.4 Å². The smallest absolute Gasteiger partial charge is 0.305 e. The maximum absolute atomic E-state index is 10.7. The number of nitriles is 2. The average molecular weight is 195 g/mol. The van der Waals surface area contributed by atoms with Crippen molar-refractivity contribution in [3.8, 4) is 12.1 Å². The Morgan fingerprint density at radius 2 is 1.93 bits per heavy atom. The molecule has 5 nitrogen and oxygen atoms in total. The molecule has 0 bridgehead atoms. The van der Waals surface area contributed by atoms with Gasteiger partial charge >= 0.3 is 5.97 Å². The van der Waals surface area contributed by atoms with Crippen molar-refractivity contribution in [3.63, 3.8) is 0 Å². The molecule has 0 saturated carbocycles. The van der Waals surface area contributed by atoms with E-state index >= 15 is 0 Å². The van der Waals surface area contributed by atoms with Gasteiger partial charge in [-0.05, 0) is 6.42 Å². The van der Waals surface area contributed by atoms with E-state index in [1.54, 1.807) is 4.90 Å². The van der Waals surface area contributed by atoms with Gasteiger partial charge < -0.3 is 4.74 Å². The van der Waals surface area contributed by atoms with Crippen molar-refractivity contribution in [2.45, 2.75) is 12.8 Å². The Labute approximate surface area is 83.5 Å². The van der Waals surface area contributed by atoms with Gasteiger partial charge in [0.1, 0.15) is 0 Å². The van der Waals surface area contributed by atoms with E-state index in [0.717, 1.165) is 0 Å². The summed E-state index contributed by atoms with van der Waals surface area (Å²) in [5.41, 5.74) is 0. The monoisotopic (exact) mass is 195 g/mol. The number of ether oxygens (including phenoxy) is 1. The third kappa shape index (κ3) is 5.99. The highest BCUT2D eigenvalue weighted by Gasteiger charge is 2.05. The molecule has 5 heteroatoms. The maximum atomic E-state index is 10.7. The Morgan fingerprint density at radius 1 is 1.36 bits per heavy atom. The first-order valence-corrected chi connectivity index (χ1v) is 4.27. The van der Waals surface area contributed by atoms with Crippen LogP contribution in [-0.4, -0.2) is 37.6 Å². The topological polar surface area (TPSA) is 77.1 Å². The zero-order valence-corrected chi connectivity index (χ0v) is 8.19. The number of carbonyl (C=O) groups is 1. The van der Waals surface area contributed by atoms with Gasteiger partial charge in [-0.1, -0.05) is 0 Å². The molecule has 0 aliphatic rings. The number of hydrogen-bond donors (Lipinski definition) is 0. The normalized spacial score (nSPS) is 9.14. The number of hydrogen-bond acceptors (Lipinski definition) is 5. The van der Waals surface area contributed by atoms with Crippen molar-refractivity contribution in [2.24, 2.45) is 0 Å². The average Bonchev–Trinajstić information content (AvgIpc) is 2.18. The lowest BCUT2D eigenvalue weighted by atomic mass is 10.3. The van der Waals surface area contributed by atoms with Crippen molar-refractivity contribution in [1.29, 1.82) is 10.5 Å². The second-order valence-electron chi connectivity index (χ2n) is 2.71. The van der Waals surface area contributed by atoms with Gasteiger partial charge in [0.2, 0.25) is 0 Å². The third-order valence-corrected chi connectivity index (χ3v) is 1.67. The molecule has 0 atom stereocenters. The lowest BCUT2D eigenvalue weighted by Crippen LogP contribution is -2.26. The number of carbonyl (C=O) groups excluding carboxylic acids is 1. The van der Waals surface area contributed by atoms with E-state index in [1.807, 2.05) is 12.1 Å². The fraction of sp³-hybridized carbons (Fsp3) is 0.667. The molecule has 0 rings (SSSR count). The van der Waals surface area contributed by atoms with Crippen LogP contribution in [0.3, 0.4) is 0 Å². The van der Waals surface area contributed by atoms with Gasteiger partial charge in [-0.3, -0.25) is 9.69 Å². The predicted octanol–water partition coefficient (Wildman–Crippen LogP) is 0.289. The molecule has 0 fully saturated rings. The molecule has 0 N–H and O–H groups in total. The molecule has 0 aromatic heterocycles. The van der Waals surface area contributed by atoms with Crippen LogP contribution in [-0.2, 0) is 9.53 Å². The minimum Gasteiger partial charge on any atom is -0.469 e. The van der Waals surface area contributed by atoms with Crippen molar-refractivity contribution < 1.29 is 9.53 Å². The van der Waals surface area contributed by atoms with Crippen molar-refractivity contribution >= 4 is 5.97 Å². The van der Waals surface area contributed by atoms with Crippen LogP contribution in [0.15, 0.2) is 0 Å². The van der Waals surface area contributed by atoms with Crippen LogP contribution in [0, 0.1) is 22.7 Å². The summed E-state index contributed by atoms with van der Waals surface area (Å²) >= 11 is 0. The van der Waals surface area contributed by atoms with Crippen LogP contribution >= 0.6 is 0 Å². The number of esters is 1. The second-order valence-corrected chi connectivity index (χ2v) is 2.71. The zero-order chi connectivity index (χ0) is 10.8. The fourth-order valence-electron chi connectivity index (χ4n) is 0.963. The molecule has 14 heavy (non-hydrogen) atoms. The summed E-state index contributed by atoms with van der Waals surface area (Å²) in [6.45, 7) is 1.000. The van der Waals surface area contributed by atoms with Gasteiger partial charge in [0.05, 0.1) is 32.3 Å². The van der Waals surface area contributed by atoms with E-state index in [1.165, 1.54) is 7.11 Å². The van der Waals surface area contributed by atoms with Gasteiger partial charge in [-0.25, -0.2) is 0 Å². The van der Waals surface area contributed by atoms with Gasteiger partial charge in [-0.15, -0.1) is 0 Å². The van der Waals surface area contributed by atoms with Crippen LogP contribution < -0.4 is 0 Å². The molecule has 0 saturated heterocycles. The van der Waals surface area contributed by atoms with E-state index < -0.39 is 0 Å². The van der Waals surface area contributed by atoms with Crippen LogP contribution in [0.5, 0.6) is 0 Å². The van der Waals surface area contributed by atoms with E-state index in [-0.39, 0.29) is 19.1 Å². The highest BCUT2D eigenvalue weighted by molar-refractivity contribution is 5.69. The molecule has 0 spiro atoms. The number of methoxy groups -OCH3 is 1. The van der Waals surface area contributed by atoms with Crippen molar-refractivity contribution in [2.75, 3.05) is 26.7 Å². The fourth-order valence-corrected chi connectivity index (χ4v) is 0.963. The molecule has 0 unspecified atom stereocenters. The predicted molar refractivity (Wildman–Crippen MR) is 48.9 cm³/mol. The van der Waals surface area contributed by atoms with E-state index in [9.17, 15) is 4.79 Å². The molecule has 0 amide bonds. The summed E-state index contributed by atoms with van der Waals surface area (Å²) in [4.78, 5) is 12.4. The van der Waals surface area contributed by atoms with Gasteiger partial charge in [0.25, 0.3) is 0 Å². The summed E-state index contributed by atoms with van der Waals surface area (Å²) in [6.07, 6.45) is 0.930. The zero-order valence-electron chi connectivity index (χ0n) is 8.19. The Hall–Kier alpha value is -1.59. The quantitative estimate of drug-likeness (QED) is 0.449. The minimum absolute atomic E-state index is 0.217. The Kier molecular flexibility index (Phi) is 7.12. The summed E-state index contributed by atoms with van der Waals surface area (Å²) in [7, 11) is 1.34. The Balaban J connectivity index is 3.67. The SMILES string of the molecule is COC(=O)CCCN(CC#N)CC#N. The largest absolute Gasteiger partial charge is 0.469 e. The van der Waals surface area contributed by atoms with Gasteiger partial charge in [0, 0.05) is 13.0 Å². The minimum atomic E-state index is -0.265. The van der Waals surface area contributed by atoms with Gasteiger partial charge in [0.15, 0.2) is 0 Å². The Bertz CT molecular complexity index is 236. The first kappa shape index (κ1) is 12.4. The summed E-state index contributed by atoms with van der Waals surface area (Å²) < 4.78 is 4.46. The van der Waals surface area contributed by atoms with E-state index in [4.69, 9.17) is 10.5 Å². The van der Waals surface area contributed by atoms with Crippen LogP contribution in [0.2, 0.25) is 0 Å². The van der Waals surface area contributed by atoms with Crippen molar-refractivity contribution in [1.82, 2.24) is 4.90 Å². The molecule has 0 heterocycles. The highest BCUT2D eigenvalue weighted by atomic mass is 16.5. The van der Waals surface area contributed by atoms with Crippen LogP contribution in [0.1, 0.15) is 12.8 Å². The standard InChI is InChI=1S/C9H13N3O2/c1-14-9(13)3-2-6-12(7-4-10)8-5-11/h2-3,6-8H2,1H3. The first-order valence-electron chi connectivity index (χ1n) is 4.27. The highest BCUT2D eigenvalue weighted by Crippen LogP contribution is 1.96. The summed E-state index contributed by atoms with van der Waals surface area (Å²) in [6, 6.07) is 3.93.